The summed E-state index contributed by atoms with van der Waals surface area (Å²) in [6.45, 7) is 2.42. The second-order valence-electron chi connectivity index (χ2n) is 7.65. The van der Waals surface area contributed by atoms with E-state index in [4.69, 9.17) is 4.74 Å². The Labute approximate surface area is 184 Å². The fourth-order valence-corrected chi connectivity index (χ4v) is 4.34. The van der Waals surface area contributed by atoms with E-state index >= 15 is 0 Å². The molecule has 0 spiro atoms. The lowest BCUT2D eigenvalue weighted by atomic mass is 9.98. The molecule has 1 fully saturated rings. The number of carbonyl (C=O) groups is 2. The normalized spacial score (nSPS) is 21.6. The Balaban J connectivity index is 1.84. The second kappa shape index (κ2) is 10.4. The molecule has 0 saturated carbocycles. The van der Waals surface area contributed by atoms with Crippen LogP contribution in [0.25, 0.3) is 0 Å². The summed E-state index contributed by atoms with van der Waals surface area (Å²) in [5.41, 5.74) is 0.829. The van der Waals surface area contributed by atoms with E-state index in [1.807, 2.05) is 10.3 Å². The fourth-order valence-electron chi connectivity index (χ4n) is 3.74. The molecule has 0 amide bonds. The predicted molar refractivity (Wildman–Crippen MR) is 113 cm³/mol. The van der Waals surface area contributed by atoms with Gasteiger partial charge in [0.05, 0.1) is 31.8 Å². The number of piperidine rings is 1. The number of aldehydes is 1. The molecule has 11 heteroatoms. The zero-order valence-electron chi connectivity index (χ0n) is 17.6. The Kier molecular flexibility index (Phi) is 7.84. The third-order valence-corrected chi connectivity index (χ3v) is 6.03. The van der Waals surface area contributed by atoms with Gasteiger partial charge in [-0.1, -0.05) is 0 Å². The molecule has 2 aliphatic rings. The van der Waals surface area contributed by atoms with Gasteiger partial charge in [0.25, 0.3) is 5.92 Å². The lowest BCUT2D eigenvalue weighted by molar-refractivity contribution is -0.138. The zero-order valence-corrected chi connectivity index (χ0v) is 18.5. The largest absolute Gasteiger partial charge is 0.463 e. The third-order valence-electron chi connectivity index (χ3n) is 5.25. The number of amidine groups is 1. The Bertz CT molecular complexity index is 844. The van der Waals surface area contributed by atoms with Crippen molar-refractivity contribution in [3.63, 3.8) is 0 Å². The Hall–Kier alpha value is -2.24. The summed E-state index contributed by atoms with van der Waals surface area (Å²) in [5, 5.41) is 5.61. The molecule has 1 unspecified atom stereocenters. The molecule has 1 aromatic rings. The highest BCUT2D eigenvalue weighted by molar-refractivity contribution is 7.11. The minimum absolute atomic E-state index is 0.0933. The number of aromatic nitrogens is 1. The molecule has 1 saturated heterocycles. The molecule has 1 atom stereocenters. The SMILES string of the molecule is CCOC(=O)C1=C(CN2CC(F)(F)CCC2CN(C)CC=O)NC(c2nccs2)=NC1. The van der Waals surface area contributed by atoms with Crippen LogP contribution in [0.5, 0.6) is 0 Å². The maximum atomic E-state index is 14.3. The van der Waals surface area contributed by atoms with Gasteiger partial charge < -0.3 is 14.8 Å². The lowest BCUT2D eigenvalue weighted by Gasteiger charge is -2.41. The summed E-state index contributed by atoms with van der Waals surface area (Å²) in [5.74, 6) is -2.81. The summed E-state index contributed by atoms with van der Waals surface area (Å²) in [4.78, 5) is 35.5. The van der Waals surface area contributed by atoms with Gasteiger partial charge in [0.15, 0.2) is 10.8 Å². The highest BCUT2D eigenvalue weighted by atomic mass is 32.1. The minimum Gasteiger partial charge on any atom is -0.463 e. The molecule has 1 N–H and O–H groups in total. The van der Waals surface area contributed by atoms with Crippen LogP contribution in [0.3, 0.4) is 0 Å². The van der Waals surface area contributed by atoms with Gasteiger partial charge in [-0.15, -0.1) is 11.3 Å². The van der Waals surface area contributed by atoms with Gasteiger partial charge in [0.2, 0.25) is 0 Å². The molecule has 0 radical (unpaired) electrons. The minimum atomic E-state index is -2.81. The third kappa shape index (κ3) is 6.14. The number of nitrogens with one attached hydrogen (secondary N) is 1. The number of likely N-dealkylation sites (tertiary alicyclic amines) is 1. The second-order valence-corrected chi connectivity index (χ2v) is 8.54. The number of esters is 1. The first-order chi connectivity index (χ1) is 14.8. The molecule has 0 bridgehead atoms. The Morgan fingerprint density at radius 1 is 1.52 bits per heavy atom. The van der Waals surface area contributed by atoms with E-state index in [0.717, 1.165) is 6.29 Å². The van der Waals surface area contributed by atoms with Gasteiger partial charge in [-0.05, 0) is 20.4 Å². The average molecular weight is 456 g/mol. The van der Waals surface area contributed by atoms with Crippen LogP contribution in [-0.4, -0.2) is 91.2 Å². The van der Waals surface area contributed by atoms with E-state index in [0.29, 0.717) is 35.1 Å². The number of hydrogen-bond acceptors (Lipinski definition) is 9. The summed E-state index contributed by atoms with van der Waals surface area (Å²) < 4.78 is 33.7. The number of likely N-dealkylation sites (N-methyl/N-ethyl adjacent to an activating group) is 1. The van der Waals surface area contributed by atoms with Gasteiger partial charge in [-0.3, -0.25) is 14.8 Å². The molecule has 3 heterocycles. The molecule has 0 aromatic carbocycles. The quantitative estimate of drug-likeness (QED) is 0.447. The van der Waals surface area contributed by atoms with Crippen LogP contribution in [-0.2, 0) is 14.3 Å². The van der Waals surface area contributed by atoms with Crippen molar-refractivity contribution in [3.8, 4) is 0 Å². The topological polar surface area (TPSA) is 87.1 Å². The highest BCUT2D eigenvalue weighted by Gasteiger charge is 2.41. The van der Waals surface area contributed by atoms with Crippen LogP contribution >= 0.6 is 11.3 Å². The Morgan fingerprint density at radius 2 is 2.32 bits per heavy atom. The van der Waals surface area contributed by atoms with Crippen molar-refractivity contribution in [1.29, 1.82) is 0 Å². The van der Waals surface area contributed by atoms with Crippen molar-refractivity contribution < 1.29 is 23.1 Å². The number of halogens is 2. The van der Waals surface area contributed by atoms with E-state index in [9.17, 15) is 18.4 Å². The summed E-state index contributed by atoms with van der Waals surface area (Å²) in [7, 11) is 1.79. The monoisotopic (exact) mass is 455 g/mol. The van der Waals surface area contributed by atoms with Crippen LogP contribution in [0.2, 0.25) is 0 Å². The summed E-state index contributed by atoms with van der Waals surface area (Å²) in [6, 6.07) is -0.176. The van der Waals surface area contributed by atoms with Crippen molar-refractivity contribution in [2.75, 3.05) is 46.4 Å². The van der Waals surface area contributed by atoms with Crippen LogP contribution < -0.4 is 5.32 Å². The number of hydrogen-bond donors (Lipinski definition) is 1. The van der Waals surface area contributed by atoms with Crippen molar-refractivity contribution in [2.24, 2.45) is 4.99 Å². The maximum Gasteiger partial charge on any atom is 0.337 e. The molecule has 0 aliphatic carbocycles. The van der Waals surface area contributed by atoms with E-state index < -0.39 is 18.4 Å². The van der Waals surface area contributed by atoms with Crippen LogP contribution in [0, 0.1) is 0 Å². The van der Waals surface area contributed by atoms with Crippen molar-refractivity contribution in [2.45, 2.75) is 31.7 Å². The molecule has 3 rings (SSSR count). The van der Waals surface area contributed by atoms with E-state index in [1.165, 1.54) is 11.3 Å². The number of nitrogens with zero attached hydrogens (tertiary/aromatic N) is 4. The predicted octanol–water partition coefficient (Wildman–Crippen LogP) is 1.54. The molecule has 31 heavy (non-hydrogen) atoms. The first-order valence-corrected chi connectivity index (χ1v) is 11.1. The molecule has 2 aliphatic heterocycles. The summed E-state index contributed by atoms with van der Waals surface area (Å²) >= 11 is 1.40. The van der Waals surface area contributed by atoms with E-state index in [-0.39, 0.29) is 38.7 Å². The molecule has 1 aromatic heterocycles. The standard InChI is InChI=1S/C20H27F2N5O3S/c1-3-30-19(29)15-10-24-17(18-23-6-9-31-18)25-16(15)12-27-13-20(21,22)5-4-14(27)11-26(2)7-8-28/h6,8-9,14H,3-5,7,10-13H2,1-2H3,(H,24,25). The molecular weight excluding hydrogens is 428 g/mol. The number of ether oxygens (including phenoxy) is 1. The first-order valence-electron chi connectivity index (χ1n) is 10.2. The molecular formula is C20H27F2N5O3S. The van der Waals surface area contributed by atoms with E-state index in [1.54, 1.807) is 25.1 Å². The maximum absolute atomic E-state index is 14.3. The lowest BCUT2D eigenvalue weighted by Crippen LogP contribution is -2.54. The highest BCUT2D eigenvalue weighted by Crippen LogP contribution is 2.31. The van der Waals surface area contributed by atoms with Gasteiger partial charge in [-0.25, -0.2) is 18.6 Å². The van der Waals surface area contributed by atoms with Crippen molar-refractivity contribution in [3.05, 3.63) is 27.9 Å². The van der Waals surface area contributed by atoms with Gasteiger partial charge in [-0.2, -0.15) is 0 Å². The number of rotatable bonds is 9. The summed E-state index contributed by atoms with van der Waals surface area (Å²) in [6.07, 6.45) is 2.54. The Morgan fingerprint density at radius 3 is 3.00 bits per heavy atom. The van der Waals surface area contributed by atoms with E-state index in [2.05, 4.69) is 15.3 Å². The first kappa shape index (κ1) is 23.4. The van der Waals surface area contributed by atoms with Crippen LogP contribution in [0.1, 0.15) is 24.8 Å². The van der Waals surface area contributed by atoms with Crippen molar-refractivity contribution in [1.82, 2.24) is 20.1 Å². The molecule has 170 valence electrons. The van der Waals surface area contributed by atoms with Crippen LogP contribution in [0.4, 0.5) is 8.78 Å². The fraction of sp³-hybridized carbons (Fsp3) is 0.600. The van der Waals surface area contributed by atoms with Gasteiger partial charge >= 0.3 is 5.97 Å². The number of aliphatic imine (C=N–C) groups is 1. The smallest absolute Gasteiger partial charge is 0.337 e. The number of thiazole rings is 1. The zero-order chi connectivity index (χ0) is 22.4. The van der Waals surface area contributed by atoms with Crippen LogP contribution in [0.15, 0.2) is 27.8 Å². The van der Waals surface area contributed by atoms with Crippen molar-refractivity contribution >= 4 is 29.4 Å². The average Bonchev–Trinajstić information content (AvgIpc) is 3.25. The number of carbonyl (C=O) groups excluding carboxylic acids is 2. The van der Waals surface area contributed by atoms with Gasteiger partial charge in [0.1, 0.15) is 6.29 Å². The molecule has 8 nitrogen and oxygen atoms in total. The number of alkyl halides is 2. The van der Waals surface area contributed by atoms with Gasteiger partial charge in [0, 0.05) is 42.8 Å².